The van der Waals surface area contributed by atoms with Gasteiger partial charge in [0.05, 0.1) is 5.92 Å². The Morgan fingerprint density at radius 2 is 2.35 bits per heavy atom. The molecule has 1 unspecified atom stereocenters. The van der Waals surface area contributed by atoms with Gasteiger partial charge in [0.1, 0.15) is 5.69 Å². The number of aromatic nitrogens is 3. The summed E-state index contributed by atoms with van der Waals surface area (Å²) in [5, 5.41) is 7.25. The molecule has 0 radical (unpaired) electrons. The lowest BCUT2D eigenvalue weighted by Crippen LogP contribution is -2.08. The van der Waals surface area contributed by atoms with Crippen LogP contribution in [0.2, 0.25) is 0 Å². The van der Waals surface area contributed by atoms with Crippen LogP contribution in [0.15, 0.2) is 27.3 Å². The second-order valence-corrected chi connectivity index (χ2v) is 4.92. The van der Waals surface area contributed by atoms with Gasteiger partial charge in [-0.05, 0) is 41.0 Å². The number of pyridine rings is 1. The van der Waals surface area contributed by atoms with Crippen molar-refractivity contribution < 1.29 is 4.52 Å². The predicted molar refractivity (Wildman–Crippen MR) is 65.5 cm³/mol. The minimum atomic E-state index is 0.340. The van der Waals surface area contributed by atoms with Crippen molar-refractivity contribution in [1.29, 1.82) is 0 Å². The van der Waals surface area contributed by atoms with Crippen LogP contribution >= 0.6 is 15.9 Å². The molecule has 3 rings (SSSR count). The first-order chi connectivity index (χ1) is 8.33. The smallest absolute Gasteiger partial charge is 0.231 e. The van der Waals surface area contributed by atoms with Crippen molar-refractivity contribution in [2.24, 2.45) is 0 Å². The number of rotatable bonds is 2. The maximum absolute atomic E-state index is 5.28. The Bertz CT molecular complexity index is 504. The molecule has 88 valence electrons. The Hall–Kier alpha value is -1.27. The number of nitrogens with one attached hydrogen (secondary N) is 1. The zero-order valence-corrected chi connectivity index (χ0v) is 10.6. The van der Waals surface area contributed by atoms with Crippen molar-refractivity contribution >= 4 is 15.9 Å². The molecule has 6 heteroatoms. The summed E-state index contributed by atoms with van der Waals surface area (Å²) in [5.41, 5.74) is 0.731. The molecule has 17 heavy (non-hydrogen) atoms. The van der Waals surface area contributed by atoms with Gasteiger partial charge in [-0.15, -0.1) is 0 Å². The summed E-state index contributed by atoms with van der Waals surface area (Å²) in [5.74, 6) is 1.60. The van der Waals surface area contributed by atoms with E-state index in [1.165, 1.54) is 0 Å². The van der Waals surface area contributed by atoms with Crippen LogP contribution in [0.4, 0.5) is 0 Å². The van der Waals surface area contributed by atoms with Gasteiger partial charge in [-0.2, -0.15) is 4.98 Å². The molecule has 0 spiro atoms. The zero-order valence-electron chi connectivity index (χ0n) is 9.06. The summed E-state index contributed by atoms with van der Waals surface area (Å²) in [4.78, 5) is 8.64. The summed E-state index contributed by atoms with van der Waals surface area (Å²) in [6.07, 6.45) is 2.78. The molecular weight excluding hydrogens is 284 g/mol. The van der Waals surface area contributed by atoms with Gasteiger partial charge in [-0.1, -0.05) is 5.16 Å². The van der Waals surface area contributed by atoms with Crippen LogP contribution in [-0.2, 0) is 0 Å². The average Bonchev–Trinajstić information content (AvgIpc) is 3.00. The van der Waals surface area contributed by atoms with Gasteiger partial charge in [0.15, 0.2) is 0 Å². The second kappa shape index (κ2) is 4.54. The largest absolute Gasteiger partial charge is 0.339 e. The average molecular weight is 295 g/mol. The van der Waals surface area contributed by atoms with Crippen molar-refractivity contribution in [3.05, 3.63) is 28.7 Å². The Labute approximate surface area is 107 Å². The van der Waals surface area contributed by atoms with E-state index in [9.17, 15) is 0 Å². The fourth-order valence-electron chi connectivity index (χ4n) is 1.88. The Morgan fingerprint density at radius 3 is 3.06 bits per heavy atom. The van der Waals surface area contributed by atoms with Crippen LogP contribution < -0.4 is 5.32 Å². The van der Waals surface area contributed by atoms with Crippen molar-refractivity contribution in [2.45, 2.75) is 12.3 Å². The lowest BCUT2D eigenvalue weighted by atomic mass is 10.1. The van der Waals surface area contributed by atoms with E-state index in [1.807, 2.05) is 12.1 Å². The van der Waals surface area contributed by atoms with Crippen LogP contribution in [0.5, 0.6) is 0 Å². The molecule has 5 nitrogen and oxygen atoms in total. The second-order valence-electron chi connectivity index (χ2n) is 4.01. The first-order valence-electron chi connectivity index (χ1n) is 5.49. The van der Waals surface area contributed by atoms with Crippen molar-refractivity contribution in [1.82, 2.24) is 20.4 Å². The molecule has 0 saturated carbocycles. The van der Waals surface area contributed by atoms with Crippen LogP contribution in [0.1, 0.15) is 18.2 Å². The molecule has 2 aromatic rings. The van der Waals surface area contributed by atoms with E-state index in [0.29, 0.717) is 17.6 Å². The van der Waals surface area contributed by atoms with Crippen LogP contribution in [0.25, 0.3) is 11.5 Å². The normalized spacial score (nSPS) is 19.7. The molecule has 0 aliphatic carbocycles. The van der Waals surface area contributed by atoms with Crippen LogP contribution in [0, 0.1) is 0 Å². The number of hydrogen-bond acceptors (Lipinski definition) is 5. The van der Waals surface area contributed by atoms with E-state index in [-0.39, 0.29) is 0 Å². The third-order valence-corrected chi connectivity index (χ3v) is 3.28. The number of hydrogen-bond donors (Lipinski definition) is 1. The highest BCUT2D eigenvalue weighted by molar-refractivity contribution is 9.10. The van der Waals surface area contributed by atoms with E-state index in [0.717, 1.165) is 29.7 Å². The molecule has 1 saturated heterocycles. The van der Waals surface area contributed by atoms with E-state index >= 15 is 0 Å². The predicted octanol–water partition coefficient (Wildman–Crippen LogP) is 1.97. The molecule has 1 aliphatic rings. The molecule has 2 aromatic heterocycles. The maximum atomic E-state index is 5.28. The monoisotopic (exact) mass is 294 g/mol. The third kappa shape index (κ3) is 2.23. The van der Waals surface area contributed by atoms with Crippen LogP contribution in [-0.4, -0.2) is 28.2 Å². The van der Waals surface area contributed by atoms with Crippen molar-refractivity contribution in [2.75, 3.05) is 13.1 Å². The lowest BCUT2D eigenvalue weighted by Gasteiger charge is -1.98. The number of halogens is 1. The quantitative estimate of drug-likeness (QED) is 0.917. The van der Waals surface area contributed by atoms with E-state index in [2.05, 4.69) is 36.4 Å². The van der Waals surface area contributed by atoms with Gasteiger partial charge in [-0.25, -0.2) is 0 Å². The highest BCUT2D eigenvalue weighted by Gasteiger charge is 2.23. The summed E-state index contributed by atoms with van der Waals surface area (Å²) >= 11 is 3.34. The maximum Gasteiger partial charge on any atom is 0.231 e. The zero-order chi connectivity index (χ0) is 11.7. The van der Waals surface area contributed by atoms with Crippen molar-refractivity contribution in [3.63, 3.8) is 0 Å². The van der Waals surface area contributed by atoms with Crippen LogP contribution in [0.3, 0.4) is 0 Å². The first kappa shape index (κ1) is 10.9. The molecule has 1 atom stereocenters. The van der Waals surface area contributed by atoms with Gasteiger partial charge < -0.3 is 9.84 Å². The highest BCUT2D eigenvalue weighted by Crippen LogP contribution is 2.23. The minimum absolute atomic E-state index is 0.340. The molecule has 0 amide bonds. The molecule has 0 aromatic carbocycles. The van der Waals surface area contributed by atoms with Gasteiger partial charge in [0.25, 0.3) is 0 Å². The summed E-state index contributed by atoms with van der Waals surface area (Å²) in [7, 11) is 0. The van der Waals surface area contributed by atoms with Crippen molar-refractivity contribution in [3.8, 4) is 11.5 Å². The first-order valence-corrected chi connectivity index (χ1v) is 6.28. The fourth-order valence-corrected chi connectivity index (χ4v) is 2.11. The Kier molecular flexibility index (Phi) is 2.90. The Morgan fingerprint density at radius 1 is 1.41 bits per heavy atom. The van der Waals surface area contributed by atoms with Gasteiger partial charge in [0.2, 0.25) is 11.7 Å². The van der Waals surface area contributed by atoms with Gasteiger partial charge in [-0.3, -0.25) is 4.98 Å². The number of nitrogens with zero attached hydrogens (tertiary/aromatic N) is 3. The summed E-state index contributed by atoms with van der Waals surface area (Å²) in [6, 6.07) is 3.78. The van der Waals surface area contributed by atoms with E-state index in [1.54, 1.807) is 6.20 Å². The third-order valence-electron chi connectivity index (χ3n) is 2.81. The van der Waals surface area contributed by atoms with Gasteiger partial charge >= 0.3 is 0 Å². The highest BCUT2D eigenvalue weighted by atomic mass is 79.9. The van der Waals surface area contributed by atoms with Gasteiger partial charge in [0, 0.05) is 17.2 Å². The molecule has 3 heterocycles. The summed E-state index contributed by atoms with van der Waals surface area (Å²) in [6.45, 7) is 1.92. The minimum Gasteiger partial charge on any atom is -0.339 e. The molecular formula is C11H11BrN4O. The topological polar surface area (TPSA) is 63.8 Å². The fraction of sp³-hybridized carbons (Fsp3) is 0.364. The standard InChI is InChI=1S/C11H11BrN4O/c12-8-1-2-9(14-6-8)10-15-11(17-16-10)7-3-4-13-5-7/h1-2,6-7,13H,3-5H2. The SMILES string of the molecule is Brc1ccc(-c2noc(C3CCNC3)n2)nc1. The lowest BCUT2D eigenvalue weighted by molar-refractivity contribution is 0.359. The molecule has 0 bridgehead atoms. The summed E-state index contributed by atoms with van der Waals surface area (Å²) < 4.78 is 6.22. The van der Waals surface area contributed by atoms with E-state index in [4.69, 9.17) is 4.52 Å². The van der Waals surface area contributed by atoms with E-state index < -0.39 is 0 Å². The molecule has 1 fully saturated rings. The Balaban J connectivity index is 1.86. The molecule has 1 aliphatic heterocycles. The molecule has 1 N–H and O–H groups in total.